The SMILES string of the molecule is CC.CC.CC.CC1(S)CC2CCCN/C(N)=C/C=C\CCc3ccc(-n4ccc(OCCC5C6(CC6)C56CC6)n4)nc3N1C2. The van der Waals surface area contributed by atoms with Gasteiger partial charge in [-0.15, -0.1) is 5.10 Å². The van der Waals surface area contributed by atoms with Gasteiger partial charge in [-0.3, -0.25) is 0 Å². The van der Waals surface area contributed by atoms with E-state index in [0.717, 1.165) is 86.0 Å². The van der Waals surface area contributed by atoms with Crippen molar-refractivity contribution in [3.05, 3.63) is 54.0 Å². The van der Waals surface area contributed by atoms with Crippen molar-refractivity contribution in [1.82, 2.24) is 20.1 Å². The Labute approximate surface area is 278 Å². The standard InChI is InChI=1S/C31H42N6OS.3C2H6/c1-29(39)20-22-6-5-17-33-25(32)8-4-2-3-7-23-9-10-26(34-28(23)36(29)21-22)37-18-11-27(35-37)38-19-12-24-30(13-14-30)31(24)15-16-31;3*1-2/h2,4,8-11,18,22,24,33,39H,3,5-7,12-17,19-21,32H2,1H3;3*1-2H3/b4-2-,25-8+;;;. The number of pyridine rings is 1. The number of anilines is 1. The predicted octanol–water partition coefficient (Wildman–Crippen LogP) is 8.45. The number of allylic oxidation sites excluding steroid dienone is 3. The van der Waals surface area contributed by atoms with Gasteiger partial charge < -0.3 is 20.7 Å². The van der Waals surface area contributed by atoms with Crippen molar-refractivity contribution in [3.63, 3.8) is 0 Å². The smallest absolute Gasteiger partial charge is 0.233 e. The molecule has 2 atom stereocenters. The minimum atomic E-state index is -0.247. The lowest BCUT2D eigenvalue weighted by Crippen LogP contribution is -2.37. The van der Waals surface area contributed by atoms with Gasteiger partial charge in [-0.05, 0) is 112 Å². The lowest BCUT2D eigenvalue weighted by Gasteiger charge is -2.33. The summed E-state index contributed by atoms with van der Waals surface area (Å²) >= 11 is 5.15. The molecule has 3 N–H and O–H groups in total. The summed E-state index contributed by atoms with van der Waals surface area (Å²) < 4.78 is 7.98. The predicted molar refractivity (Wildman–Crippen MR) is 192 cm³/mol. The highest BCUT2D eigenvalue weighted by Gasteiger charge is 2.85. The Hall–Kier alpha value is -2.61. The molecule has 7 nitrogen and oxygen atoms in total. The maximum atomic E-state index is 6.12. The van der Waals surface area contributed by atoms with Crippen LogP contribution in [0.2, 0.25) is 0 Å². The Bertz CT molecular complexity index is 1270. The number of hydrogen-bond donors (Lipinski definition) is 3. The molecule has 0 amide bonds. The number of ether oxygens (including phenoxy) is 1. The summed E-state index contributed by atoms with van der Waals surface area (Å²) in [4.78, 5) is 7.37. The van der Waals surface area contributed by atoms with Crippen LogP contribution in [-0.2, 0) is 6.42 Å². The number of rotatable bonds is 5. The number of nitrogens with two attached hydrogens (primary N) is 1. The average Bonchev–Trinajstić information content (AvgIpc) is 4.01. The highest BCUT2D eigenvalue weighted by atomic mass is 32.1. The monoisotopic (exact) mass is 636 g/mol. The van der Waals surface area contributed by atoms with Gasteiger partial charge in [0.1, 0.15) is 5.82 Å². The van der Waals surface area contributed by atoms with Crippen molar-refractivity contribution in [2.45, 2.75) is 118 Å². The minimum absolute atomic E-state index is 0.247. The molecule has 2 aliphatic heterocycles. The van der Waals surface area contributed by atoms with Crippen LogP contribution in [0.5, 0.6) is 5.88 Å². The minimum Gasteiger partial charge on any atom is -0.477 e. The van der Waals surface area contributed by atoms with Crippen molar-refractivity contribution >= 4 is 18.4 Å². The summed E-state index contributed by atoms with van der Waals surface area (Å²) in [6, 6.07) is 6.26. The van der Waals surface area contributed by atoms with E-state index in [1.807, 2.05) is 70.6 Å². The Morgan fingerprint density at radius 3 is 2.44 bits per heavy atom. The summed E-state index contributed by atoms with van der Waals surface area (Å²) in [5.41, 5.74) is 8.82. The zero-order chi connectivity index (χ0) is 32.7. The van der Waals surface area contributed by atoms with Crippen LogP contribution in [0.25, 0.3) is 5.82 Å². The van der Waals surface area contributed by atoms with Crippen molar-refractivity contribution in [2.75, 3.05) is 24.6 Å². The van der Waals surface area contributed by atoms with Crippen LogP contribution in [-0.4, -0.2) is 39.3 Å². The fourth-order valence-electron chi connectivity index (χ4n) is 8.05. The van der Waals surface area contributed by atoms with Gasteiger partial charge in [0.05, 0.1) is 17.3 Å². The number of thiol groups is 1. The lowest BCUT2D eigenvalue weighted by atomic mass is 10.0. The third kappa shape index (κ3) is 7.52. The largest absolute Gasteiger partial charge is 0.477 e. The van der Waals surface area contributed by atoms with Crippen molar-refractivity contribution in [3.8, 4) is 11.7 Å². The molecule has 7 rings (SSSR count). The fourth-order valence-corrected chi connectivity index (χ4v) is 8.48. The van der Waals surface area contributed by atoms with Crippen LogP contribution >= 0.6 is 12.6 Å². The molecule has 4 fully saturated rings. The van der Waals surface area contributed by atoms with Crippen LogP contribution in [0.4, 0.5) is 5.82 Å². The van der Waals surface area contributed by atoms with Gasteiger partial charge in [-0.25, -0.2) is 9.67 Å². The van der Waals surface area contributed by atoms with Gasteiger partial charge >= 0.3 is 0 Å². The van der Waals surface area contributed by atoms with E-state index in [1.54, 1.807) is 0 Å². The normalized spacial score (nSPS) is 27.2. The number of hydrogen-bond acceptors (Lipinski definition) is 7. The van der Waals surface area contributed by atoms with E-state index >= 15 is 0 Å². The lowest BCUT2D eigenvalue weighted by molar-refractivity contribution is 0.283. The Kier molecular flexibility index (Phi) is 12.0. The zero-order valence-corrected chi connectivity index (χ0v) is 30.0. The van der Waals surface area contributed by atoms with Gasteiger partial charge in [0.2, 0.25) is 5.88 Å². The van der Waals surface area contributed by atoms with Gasteiger partial charge in [0.25, 0.3) is 0 Å². The van der Waals surface area contributed by atoms with Crippen LogP contribution in [0.3, 0.4) is 0 Å². The highest BCUT2D eigenvalue weighted by molar-refractivity contribution is 7.81. The summed E-state index contributed by atoms with van der Waals surface area (Å²) in [6.45, 7) is 16.8. The van der Waals surface area contributed by atoms with E-state index in [9.17, 15) is 0 Å². The van der Waals surface area contributed by atoms with E-state index < -0.39 is 0 Å². The summed E-state index contributed by atoms with van der Waals surface area (Å²) in [5.74, 6) is 4.74. The van der Waals surface area contributed by atoms with Gasteiger partial charge in [-0.2, -0.15) is 12.6 Å². The van der Waals surface area contributed by atoms with Crippen molar-refractivity contribution < 1.29 is 4.74 Å². The molecule has 2 bridgehead atoms. The van der Waals surface area contributed by atoms with E-state index in [2.05, 4.69) is 35.3 Å². The first-order chi connectivity index (χ1) is 21.9. The number of aromatic nitrogens is 3. The molecule has 1 saturated heterocycles. The van der Waals surface area contributed by atoms with E-state index in [4.69, 9.17) is 33.2 Å². The van der Waals surface area contributed by atoms with Gasteiger partial charge in [0.15, 0.2) is 5.82 Å². The average molecular weight is 637 g/mol. The fraction of sp³-hybridized carbons (Fsp3) is 0.676. The Balaban J connectivity index is 0.000000727. The zero-order valence-electron chi connectivity index (χ0n) is 29.1. The first-order valence-corrected chi connectivity index (χ1v) is 18.4. The summed E-state index contributed by atoms with van der Waals surface area (Å²) in [5, 5.41) is 8.08. The van der Waals surface area contributed by atoms with Crippen LogP contribution < -0.4 is 20.7 Å². The van der Waals surface area contributed by atoms with Gasteiger partial charge in [-0.1, -0.05) is 59.8 Å². The molecule has 0 radical (unpaired) electrons. The van der Waals surface area contributed by atoms with Crippen molar-refractivity contribution in [1.29, 1.82) is 0 Å². The molecule has 3 aliphatic carbocycles. The number of nitrogens with zero attached hydrogens (tertiary/aromatic N) is 4. The molecular formula is C37H60N6OS. The second-order valence-corrected chi connectivity index (χ2v) is 13.8. The number of nitrogens with one attached hydrogen (secondary N) is 1. The van der Waals surface area contributed by atoms with E-state index in [-0.39, 0.29) is 4.87 Å². The van der Waals surface area contributed by atoms with Crippen LogP contribution in [0, 0.1) is 22.7 Å². The quantitative estimate of drug-likeness (QED) is 0.286. The second-order valence-electron chi connectivity index (χ2n) is 12.8. The summed E-state index contributed by atoms with van der Waals surface area (Å²) in [6.07, 6.45) is 20.2. The Morgan fingerprint density at radius 2 is 1.76 bits per heavy atom. The highest BCUT2D eigenvalue weighted by Crippen LogP contribution is 2.93. The first kappa shape index (κ1) is 35.2. The number of aryl methyl sites for hydroxylation is 1. The molecule has 0 aromatic carbocycles. The van der Waals surface area contributed by atoms with Crippen LogP contribution in [0.1, 0.15) is 112 Å². The van der Waals surface area contributed by atoms with Gasteiger partial charge in [0, 0.05) is 25.4 Å². The molecule has 250 valence electrons. The maximum Gasteiger partial charge on any atom is 0.233 e. The molecule has 2 aromatic heterocycles. The van der Waals surface area contributed by atoms with Crippen molar-refractivity contribution in [2.24, 2.45) is 28.4 Å². The summed E-state index contributed by atoms with van der Waals surface area (Å²) in [7, 11) is 0. The molecule has 3 saturated carbocycles. The molecule has 45 heavy (non-hydrogen) atoms. The molecule has 4 heterocycles. The first-order valence-electron chi connectivity index (χ1n) is 18.0. The third-order valence-corrected chi connectivity index (χ3v) is 10.7. The molecule has 8 heteroatoms. The van der Waals surface area contributed by atoms with E-state index in [1.165, 1.54) is 37.7 Å². The number of fused-ring (bicyclic) bond motifs is 5. The van der Waals surface area contributed by atoms with E-state index in [0.29, 0.717) is 11.8 Å². The molecule has 2 unspecified atom stereocenters. The molecular weight excluding hydrogens is 577 g/mol. The van der Waals surface area contributed by atoms with Crippen LogP contribution in [0.15, 0.2) is 48.4 Å². The second kappa shape index (κ2) is 15.3. The molecule has 2 spiro atoms. The topological polar surface area (TPSA) is 81.2 Å². The molecule has 5 aliphatic rings. The third-order valence-electron chi connectivity index (χ3n) is 10.3. The molecule has 2 aromatic rings. The Morgan fingerprint density at radius 1 is 1.04 bits per heavy atom. The maximum absolute atomic E-state index is 6.12.